The van der Waals surface area contributed by atoms with Gasteiger partial charge in [-0.15, -0.1) is 12.4 Å². The van der Waals surface area contributed by atoms with E-state index in [2.05, 4.69) is 90.2 Å². The SMILES string of the molecule is CCOC[C@@H](N)c1ccccc1.Cl.OC[C@@H](NC(c1ccccc1)(c1ccccc1)c1ccccc1)c1ccccc1. The average molecular weight is 581 g/mol. The van der Waals surface area contributed by atoms with Gasteiger partial charge in [0, 0.05) is 6.61 Å². The van der Waals surface area contributed by atoms with Gasteiger partial charge in [-0.3, -0.25) is 5.32 Å². The number of hydrogen-bond donors (Lipinski definition) is 3. The molecule has 0 unspecified atom stereocenters. The molecule has 0 aliphatic carbocycles. The van der Waals surface area contributed by atoms with E-state index in [-0.39, 0.29) is 31.1 Å². The Kier molecular flexibility index (Phi) is 13.4. The van der Waals surface area contributed by atoms with E-state index in [1.807, 2.05) is 73.7 Å². The third-order valence-corrected chi connectivity index (χ3v) is 7.12. The number of hydrogen-bond acceptors (Lipinski definition) is 4. The van der Waals surface area contributed by atoms with Gasteiger partial charge < -0.3 is 15.6 Å². The van der Waals surface area contributed by atoms with Crippen LogP contribution in [-0.2, 0) is 10.3 Å². The molecule has 5 aromatic carbocycles. The van der Waals surface area contributed by atoms with Crippen molar-refractivity contribution in [2.75, 3.05) is 19.8 Å². The highest BCUT2D eigenvalue weighted by Crippen LogP contribution is 2.38. The van der Waals surface area contributed by atoms with Crippen molar-refractivity contribution in [1.82, 2.24) is 5.32 Å². The summed E-state index contributed by atoms with van der Waals surface area (Å²) in [5, 5.41) is 14.2. The Labute approximate surface area is 256 Å². The fraction of sp³-hybridized carbons (Fsp3) is 0.189. The van der Waals surface area contributed by atoms with Gasteiger partial charge in [0.15, 0.2) is 0 Å². The van der Waals surface area contributed by atoms with E-state index in [0.717, 1.165) is 34.4 Å². The third-order valence-electron chi connectivity index (χ3n) is 7.12. The first-order valence-electron chi connectivity index (χ1n) is 14.2. The zero-order valence-electron chi connectivity index (χ0n) is 24.1. The number of benzene rings is 5. The maximum atomic E-state index is 10.3. The van der Waals surface area contributed by atoms with Crippen LogP contribution >= 0.6 is 12.4 Å². The Bertz CT molecular complexity index is 1290. The van der Waals surface area contributed by atoms with Crippen molar-refractivity contribution >= 4 is 12.4 Å². The number of halogens is 1. The van der Waals surface area contributed by atoms with Crippen molar-refractivity contribution in [3.63, 3.8) is 0 Å². The summed E-state index contributed by atoms with van der Waals surface area (Å²) in [6.45, 7) is 3.29. The molecule has 0 bridgehead atoms. The molecule has 42 heavy (non-hydrogen) atoms. The van der Waals surface area contributed by atoms with E-state index in [9.17, 15) is 5.11 Å². The molecule has 5 aromatic rings. The van der Waals surface area contributed by atoms with Crippen LogP contribution in [0, 0.1) is 0 Å². The summed E-state index contributed by atoms with van der Waals surface area (Å²) >= 11 is 0. The first-order valence-corrected chi connectivity index (χ1v) is 14.2. The lowest BCUT2D eigenvalue weighted by Crippen LogP contribution is -2.47. The van der Waals surface area contributed by atoms with Gasteiger partial charge in [0.1, 0.15) is 0 Å². The van der Waals surface area contributed by atoms with Crippen molar-refractivity contribution in [2.24, 2.45) is 5.73 Å². The molecule has 0 aromatic heterocycles. The smallest absolute Gasteiger partial charge is 0.0953 e. The second-order valence-corrected chi connectivity index (χ2v) is 9.81. The maximum Gasteiger partial charge on any atom is 0.0953 e. The summed E-state index contributed by atoms with van der Waals surface area (Å²) in [5.41, 5.74) is 10.8. The van der Waals surface area contributed by atoms with Crippen LogP contribution in [0.15, 0.2) is 152 Å². The van der Waals surface area contributed by atoms with Crippen molar-refractivity contribution < 1.29 is 9.84 Å². The summed E-state index contributed by atoms with van der Waals surface area (Å²) in [4.78, 5) is 0. The molecule has 0 spiro atoms. The highest BCUT2D eigenvalue weighted by Gasteiger charge is 2.38. The molecule has 0 radical (unpaired) electrons. The molecule has 0 amide bonds. The van der Waals surface area contributed by atoms with E-state index >= 15 is 0 Å². The zero-order chi connectivity index (χ0) is 28.8. The van der Waals surface area contributed by atoms with Gasteiger partial charge in [0.2, 0.25) is 0 Å². The van der Waals surface area contributed by atoms with Crippen LogP contribution in [-0.4, -0.2) is 24.9 Å². The molecule has 0 aliphatic rings. The Morgan fingerprint density at radius 1 is 0.619 bits per heavy atom. The topological polar surface area (TPSA) is 67.5 Å². The van der Waals surface area contributed by atoms with Crippen molar-refractivity contribution in [1.29, 1.82) is 0 Å². The minimum Gasteiger partial charge on any atom is -0.394 e. The van der Waals surface area contributed by atoms with E-state index < -0.39 is 5.54 Å². The number of nitrogens with two attached hydrogens (primary N) is 1. The highest BCUT2D eigenvalue weighted by molar-refractivity contribution is 5.85. The Hall–Kier alpha value is -3.77. The predicted octanol–water partition coefficient (Wildman–Crippen LogP) is 7.45. The van der Waals surface area contributed by atoms with Crippen LogP contribution in [0.2, 0.25) is 0 Å². The van der Waals surface area contributed by atoms with Gasteiger partial charge >= 0.3 is 0 Å². The minimum atomic E-state index is -0.604. The lowest BCUT2D eigenvalue weighted by molar-refractivity contribution is 0.133. The van der Waals surface area contributed by atoms with Crippen LogP contribution < -0.4 is 11.1 Å². The van der Waals surface area contributed by atoms with Gasteiger partial charge in [0.05, 0.1) is 30.8 Å². The lowest BCUT2D eigenvalue weighted by Gasteiger charge is -2.40. The van der Waals surface area contributed by atoms with E-state index in [4.69, 9.17) is 10.5 Å². The van der Waals surface area contributed by atoms with Crippen LogP contribution in [0.25, 0.3) is 0 Å². The first kappa shape index (κ1) is 32.7. The fourth-order valence-corrected chi connectivity index (χ4v) is 5.04. The highest BCUT2D eigenvalue weighted by atomic mass is 35.5. The summed E-state index contributed by atoms with van der Waals surface area (Å²) < 4.78 is 5.22. The molecule has 4 N–H and O–H groups in total. The molecule has 2 atom stereocenters. The number of ether oxygens (including phenoxy) is 1. The molecular weight excluding hydrogens is 540 g/mol. The van der Waals surface area contributed by atoms with Crippen LogP contribution in [0.3, 0.4) is 0 Å². The summed E-state index contributed by atoms with van der Waals surface area (Å²) in [6, 6.07) is 51.2. The lowest BCUT2D eigenvalue weighted by atomic mass is 9.76. The van der Waals surface area contributed by atoms with Crippen LogP contribution in [0.5, 0.6) is 0 Å². The Morgan fingerprint density at radius 2 is 0.976 bits per heavy atom. The molecule has 0 saturated carbocycles. The predicted molar refractivity (Wildman–Crippen MR) is 176 cm³/mol. The molecule has 0 heterocycles. The summed E-state index contributed by atoms with van der Waals surface area (Å²) in [7, 11) is 0. The fourth-order valence-electron chi connectivity index (χ4n) is 5.04. The van der Waals surface area contributed by atoms with Gasteiger partial charge in [-0.25, -0.2) is 0 Å². The summed E-state index contributed by atoms with van der Waals surface area (Å²) in [6.07, 6.45) is 0. The summed E-state index contributed by atoms with van der Waals surface area (Å²) in [5.74, 6) is 0. The van der Waals surface area contributed by atoms with E-state index in [1.54, 1.807) is 0 Å². The second kappa shape index (κ2) is 17.2. The normalized spacial score (nSPS) is 12.3. The van der Waals surface area contributed by atoms with Gasteiger partial charge in [-0.05, 0) is 34.7 Å². The van der Waals surface area contributed by atoms with Gasteiger partial charge in [-0.1, -0.05) is 152 Å². The van der Waals surface area contributed by atoms with Crippen LogP contribution in [0.4, 0.5) is 0 Å². The van der Waals surface area contributed by atoms with Gasteiger partial charge in [0.25, 0.3) is 0 Å². The monoisotopic (exact) mass is 580 g/mol. The largest absolute Gasteiger partial charge is 0.394 e. The molecule has 5 heteroatoms. The number of aliphatic hydroxyl groups is 1. The molecule has 218 valence electrons. The Morgan fingerprint density at radius 3 is 1.33 bits per heavy atom. The van der Waals surface area contributed by atoms with Crippen molar-refractivity contribution in [2.45, 2.75) is 24.5 Å². The molecular formula is C37H41ClN2O2. The third kappa shape index (κ3) is 8.39. The standard InChI is InChI=1S/C27H25NO.C10H15NO.ClH/c29-21-26(22-13-5-1-6-14-22)28-27(23-15-7-2-8-16-23,24-17-9-3-10-18-24)25-19-11-4-12-20-25;1-2-12-8-10(11)9-6-4-3-5-7-9;/h1-20,26,28-29H,21H2;3-7,10H,2,8,11H2,1H3;1H/t26-;10-;/m11./s1. The Balaban J connectivity index is 0.000000315. The number of rotatable bonds is 11. The van der Waals surface area contributed by atoms with Crippen molar-refractivity contribution in [3.05, 3.63) is 179 Å². The quantitative estimate of drug-likeness (QED) is 0.142. The first-order chi connectivity index (χ1) is 20.2. The average Bonchev–Trinajstić information content (AvgIpc) is 3.07. The van der Waals surface area contributed by atoms with Crippen LogP contribution in [0.1, 0.15) is 46.8 Å². The molecule has 5 rings (SSSR count). The molecule has 0 saturated heterocycles. The maximum absolute atomic E-state index is 10.3. The molecule has 4 nitrogen and oxygen atoms in total. The zero-order valence-corrected chi connectivity index (χ0v) is 24.9. The van der Waals surface area contributed by atoms with Crippen molar-refractivity contribution in [3.8, 4) is 0 Å². The van der Waals surface area contributed by atoms with E-state index in [0.29, 0.717) is 6.61 Å². The van der Waals surface area contributed by atoms with Gasteiger partial charge in [-0.2, -0.15) is 0 Å². The number of nitrogens with one attached hydrogen (secondary N) is 1. The number of aliphatic hydroxyl groups excluding tert-OH is 1. The molecule has 0 aliphatic heterocycles. The molecule has 0 fully saturated rings. The second-order valence-electron chi connectivity index (χ2n) is 9.81. The minimum absolute atomic E-state index is 0. The van der Waals surface area contributed by atoms with E-state index in [1.165, 1.54) is 0 Å².